The van der Waals surface area contributed by atoms with E-state index < -0.39 is 0 Å². The zero-order valence-corrected chi connectivity index (χ0v) is 12.1. The van der Waals surface area contributed by atoms with Gasteiger partial charge in [0.2, 0.25) is 0 Å². The summed E-state index contributed by atoms with van der Waals surface area (Å²) in [6.07, 6.45) is 9.23. The van der Waals surface area contributed by atoms with E-state index in [1.807, 2.05) is 6.08 Å². The average Bonchev–Trinajstić information content (AvgIpc) is 2.46. The lowest BCUT2D eigenvalue weighted by Crippen LogP contribution is -1.93. The third-order valence-corrected chi connectivity index (χ3v) is 3.00. The van der Waals surface area contributed by atoms with Crippen LogP contribution in [0.5, 0.6) is 0 Å². The Kier molecular flexibility index (Phi) is 7.33. The van der Waals surface area contributed by atoms with Gasteiger partial charge in [0.25, 0.3) is 0 Å². The van der Waals surface area contributed by atoms with Crippen LogP contribution in [0, 0.1) is 5.82 Å². The van der Waals surface area contributed by atoms with Crippen LogP contribution in [0.2, 0.25) is 0 Å². The van der Waals surface area contributed by atoms with Crippen molar-refractivity contribution >= 4 is 11.5 Å². The maximum absolute atomic E-state index is 13.0. The number of ether oxygens (including phenoxy) is 1. The zero-order chi connectivity index (χ0) is 14.8. The predicted octanol–water partition coefficient (Wildman–Crippen LogP) is 4.52. The fourth-order valence-electron chi connectivity index (χ4n) is 1.86. The van der Waals surface area contributed by atoms with E-state index in [1.54, 1.807) is 18.2 Å². The van der Waals surface area contributed by atoms with Crippen molar-refractivity contribution in [3.8, 4) is 0 Å². The van der Waals surface area contributed by atoms with Crippen LogP contribution < -0.4 is 0 Å². The molecule has 0 aliphatic carbocycles. The molecule has 0 heterocycles. The molecule has 3 heteroatoms. The SMILES string of the molecule is CCCCC/C(=C\C=C\C(=O)OC)c1ccc(F)cc1. The highest BCUT2D eigenvalue weighted by Gasteiger charge is 2.01. The molecule has 1 rings (SSSR count). The summed E-state index contributed by atoms with van der Waals surface area (Å²) in [5.74, 6) is -0.625. The van der Waals surface area contributed by atoms with Crippen molar-refractivity contribution in [1.82, 2.24) is 0 Å². The Morgan fingerprint density at radius 2 is 1.95 bits per heavy atom. The zero-order valence-electron chi connectivity index (χ0n) is 12.1. The lowest BCUT2D eigenvalue weighted by Gasteiger charge is -2.07. The smallest absolute Gasteiger partial charge is 0.330 e. The Morgan fingerprint density at radius 1 is 1.25 bits per heavy atom. The average molecular weight is 276 g/mol. The summed E-state index contributed by atoms with van der Waals surface area (Å²) < 4.78 is 17.5. The predicted molar refractivity (Wildman–Crippen MR) is 79.7 cm³/mol. The maximum atomic E-state index is 13.0. The Morgan fingerprint density at radius 3 is 2.55 bits per heavy atom. The van der Waals surface area contributed by atoms with E-state index >= 15 is 0 Å². The first-order chi connectivity index (χ1) is 9.67. The van der Waals surface area contributed by atoms with Crippen molar-refractivity contribution in [2.24, 2.45) is 0 Å². The molecule has 0 saturated heterocycles. The molecule has 20 heavy (non-hydrogen) atoms. The molecule has 0 aliphatic heterocycles. The van der Waals surface area contributed by atoms with E-state index in [2.05, 4.69) is 11.7 Å². The second-order valence-electron chi connectivity index (χ2n) is 4.54. The molecule has 0 N–H and O–H groups in total. The van der Waals surface area contributed by atoms with Crippen LogP contribution >= 0.6 is 0 Å². The van der Waals surface area contributed by atoms with Crippen LogP contribution in [-0.4, -0.2) is 13.1 Å². The molecule has 0 saturated carbocycles. The number of rotatable bonds is 7. The lowest BCUT2D eigenvalue weighted by molar-refractivity contribution is -0.134. The number of allylic oxidation sites excluding steroid dienone is 3. The summed E-state index contributed by atoms with van der Waals surface area (Å²) in [4.78, 5) is 11.0. The second-order valence-corrected chi connectivity index (χ2v) is 4.54. The molecule has 1 aromatic rings. The summed E-state index contributed by atoms with van der Waals surface area (Å²) in [6.45, 7) is 2.15. The Balaban J connectivity index is 2.83. The minimum atomic E-state index is -0.381. The highest BCUT2D eigenvalue weighted by molar-refractivity contribution is 5.82. The number of hydrogen-bond acceptors (Lipinski definition) is 2. The second kappa shape index (κ2) is 9.08. The molecule has 0 atom stereocenters. The van der Waals surface area contributed by atoms with Crippen molar-refractivity contribution in [1.29, 1.82) is 0 Å². The van der Waals surface area contributed by atoms with Gasteiger partial charge in [-0.2, -0.15) is 0 Å². The van der Waals surface area contributed by atoms with Gasteiger partial charge in [-0.25, -0.2) is 9.18 Å². The first-order valence-electron chi connectivity index (χ1n) is 6.88. The van der Waals surface area contributed by atoms with Crippen LogP contribution in [-0.2, 0) is 9.53 Å². The summed E-state index contributed by atoms with van der Waals surface area (Å²) in [5.41, 5.74) is 2.08. The standard InChI is InChI=1S/C17H21FO2/c1-3-4-5-7-14(8-6-9-17(19)20-2)15-10-12-16(18)13-11-15/h6,8-13H,3-5,7H2,1-2H3/b9-6+,14-8+. The van der Waals surface area contributed by atoms with Gasteiger partial charge in [0, 0.05) is 6.08 Å². The normalized spacial score (nSPS) is 11.8. The van der Waals surface area contributed by atoms with Crippen LogP contribution in [0.4, 0.5) is 4.39 Å². The molecule has 1 aromatic carbocycles. The van der Waals surface area contributed by atoms with Crippen LogP contribution in [0.3, 0.4) is 0 Å². The number of carbonyl (C=O) groups excluding carboxylic acids is 1. The highest BCUT2D eigenvalue weighted by Crippen LogP contribution is 2.21. The molecule has 0 unspecified atom stereocenters. The third kappa shape index (κ3) is 5.83. The van der Waals surface area contributed by atoms with Crippen molar-refractivity contribution in [2.75, 3.05) is 7.11 Å². The van der Waals surface area contributed by atoms with E-state index in [9.17, 15) is 9.18 Å². The first-order valence-corrected chi connectivity index (χ1v) is 6.88. The van der Waals surface area contributed by atoms with E-state index in [-0.39, 0.29) is 11.8 Å². The van der Waals surface area contributed by atoms with Gasteiger partial charge in [-0.1, -0.05) is 44.1 Å². The van der Waals surface area contributed by atoms with Crippen LogP contribution in [0.25, 0.3) is 5.57 Å². The summed E-state index contributed by atoms with van der Waals surface area (Å²) in [7, 11) is 1.35. The monoisotopic (exact) mass is 276 g/mol. The molecule has 0 aromatic heterocycles. The molecule has 108 valence electrons. The molecule has 0 bridgehead atoms. The first kappa shape index (κ1) is 16.2. The van der Waals surface area contributed by atoms with Gasteiger partial charge in [-0.3, -0.25) is 0 Å². The summed E-state index contributed by atoms with van der Waals surface area (Å²) >= 11 is 0. The van der Waals surface area contributed by atoms with E-state index in [4.69, 9.17) is 0 Å². The fraction of sp³-hybridized carbons (Fsp3) is 0.353. The summed E-state index contributed by atoms with van der Waals surface area (Å²) in [6, 6.07) is 6.43. The van der Waals surface area contributed by atoms with Crippen molar-refractivity contribution < 1.29 is 13.9 Å². The van der Waals surface area contributed by atoms with Crippen LogP contribution in [0.1, 0.15) is 38.2 Å². The van der Waals surface area contributed by atoms with Gasteiger partial charge in [-0.15, -0.1) is 0 Å². The van der Waals surface area contributed by atoms with Crippen molar-refractivity contribution in [3.63, 3.8) is 0 Å². The molecule has 0 spiro atoms. The van der Waals surface area contributed by atoms with E-state index in [0.29, 0.717) is 0 Å². The van der Waals surface area contributed by atoms with Gasteiger partial charge in [0.05, 0.1) is 7.11 Å². The Bertz CT molecular complexity index is 472. The van der Waals surface area contributed by atoms with Gasteiger partial charge in [-0.05, 0) is 36.1 Å². The third-order valence-electron chi connectivity index (χ3n) is 3.00. The van der Waals surface area contributed by atoms with Gasteiger partial charge in [0.15, 0.2) is 0 Å². The van der Waals surface area contributed by atoms with E-state index in [1.165, 1.54) is 25.3 Å². The number of benzene rings is 1. The van der Waals surface area contributed by atoms with Crippen LogP contribution in [0.15, 0.2) is 42.5 Å². The quantitative estimate of drug-likeness (QED) is 0.317. The molecular weight excluding hydrogens is 255 g/mol. The number of esters is 1. The van der Waals surface area contributed by atoms with Crippen molar-refractivity contribution in [3.05, 3.63) is 53.9 Å². The molecule has 0 aliphatic rings. The molecule has 0 amide bonds. The minimum Gasteiger partial charge on any atom is -0.466 e. The minimum absolute atomic E-state index is 0.244. The number of hydrogen-bond donors (Lipinski definition) is 0. The molecule has 2 nitrogen and oxygen atoms in total. The van der Waals surface area contributed by atoms with Crippen molar-refractivity contribution in [2.45, 2.75) is 32.6 Å². The topological polar surface area (TPSA) is 26.3 Å². The fourth-order valence-corrected chi connectivity index (χ4v) is 1.86. The van der Waals surface area contributed by atoms with E-state index in [0.717, 1.165) is 36.8 Å². The molecule has 0 fully saturated rings. The van der Waals surface area contributed by atoms with Gasteiger partial charge < -0.3 is 4.74 Å². The lowest BCUT2D eigenvalue weighted by atomic mass is 9.99. The van der Waals surface area contributed by atoms with Gasteiger partial charge >= 0.3 is 5.97 Å². The Hall–Kier alpha value is -1.90. The molecular formula is C17H21FO2. The summed E-state index contributed by atoms with van der Waals surface area (Å²) in [5, 5.41) is 0. The number of carbonyl (C=O) groups is 1. The number of methoxy groups -OCH3 is 1. The number of unbranched alkanes of at least 4 members (excludes halogenated alkanes) is 2. The largest absolute Gasteiger partial charge is 0.466 e. The highest BCUT2D eigenvalue weighted by atomic mass is 19.1. The van der Waals surface area contributed by atoms with Gasteiger partial charge in [0.1, 0.15) is 5.82 Å². The molecule has 0 radical (unpaired) electrons. The maximum Gasteiger partial charge on any atom is 0.330 e. The number of halogens is 1. The Labute approximate surface area is 120 Å².